The molecule has 0 spiro atoms. The number of benzene rings is 10. The Morgan fingerprint density at radius 1 is 0.361 bits per heavy atom. The van der Waals surface area contributed by atoms with Gasteiger partial charge < -0.3 is 4.90 Å². The number of hydrogen-bond donors (Lipinski definition) is 0. The monoisotopic (exact) mass is 794 g/mol. The van der Waals surface area contributed by atoms with Crippen molar-refractivity contribution in [2.24, 2.45) is 0 Å². The third kappa shape index (κ3) is 5.93. The van der Waals surface area contributed by atoms with Crippen LogP contribution in [0.25, 0.3) is 92.0 Å². The van der Waals surface area contributed by atoms with E-state index in [9.17, 15) is 0 Å². The van der Waals surface area contributed by atoms with Crippen LogP contribution in [0.15, 0.2) is 231 Å². The minimum atomic E-state index is 1.10. The summed E-state index contributed by atoms with van der Waals surface area (Å²) in [5.74, 6) is 0. The molecule has 0 atom stereocenters. The molecule has 10 aromatic carbocycles. The summed E-state index contributed by atoms with van der Waals surface area (Å²) in [7, 11) is 0. The summed E-state index contributed by atoms with van der Waals surface area (Å²) in [6.07, 6.45) is 0. The van der Waals surface area contributed by atoms with Crippen molar-refractivity contribution >= 4 is 75.9 Å². The first-order valence-electron chi connectivity index (χ1n) is 20.8. The Balaban J connectivity index is 1.01. The first-order chi connectivity index (χ1) is 30.3. The van der Waals surface area contributed by atoms with E-state index in [0.717, 1.165) is 17.1 Å². The van der Waals surface area contributed by atoms with Gasteiger partial charge >= 0.3 is 0 Å². The molecule has 0 aliphatic carbocycles. The van der Waals surface area contributed by atoms with Gasteiger partial charge in [-0.25, -0.2) is 0 Å². The molecular formula is C58H38N2S. The molecule has 0 bridgehead atoms. The molecule has 12 rings (SSSR count). The Bertz CT molecular complexity index is 3560. The van der Waals surface area contributed by atoms with Crippen LogP contribution in [0.3, 0.4) is 0 Å². The number of aromatic nitrogens is 1. The van der Waals surface area contributed by atoms with Crippen molar-refractivity contribution in [3.63, 3.8) is 0 Å². The third-order valence-corrected chi connectivity index (χ3v) is 13.3. The first kappa shape index (κ1) is 35.2. The summed E-state index contributed by atoms with van der Waals surface area (Å²) < 4.78 is 3.77. The van der Waals surface area contributed by atoms with Gasteiger partial charge in [0.05, 0.1) is 21.4 Å². The molecule has 0 aliphatic heterocycles. The van der Waals surface area contributed by atoms with Gasteiger partial charge in [-0.2, -0.15) is 0 Å². The molecule has 61 heavy (non-hydrogen) atoms. The maximum absolute atomic E-state index is 2.49. The predicted octanol–water partition coefficient (Wildman–Crippen LogP) is 16.8. The largest absolute Gasteiger partial charge is 0.310 e. The van der Waals surface area contributed by atoms with Crippen LogP contribution in [-0.2, 0) is 0 Å². The summed E-state index contributed by atoms with van der Waals surface area (Å²) in [5.41, 5.74) is 15.6. The summed E-state index contributed by atoms with van der Waals surface area (Å²) in [5, 5.41) is 6.21. The molecule has 2 aromatic heterocycles. The average Bonchev–Trinajstić information content (AvgIpc) is 3.87. The van der Waals surface area contributed by atoms with Gasteiger partial charge in [-0.3, -0.25) is 4.40 Å². The average molecular weight is 795 g/mol. The molecule has 2 nitrogen and oxygen atoms in total. The fourth-order valence-electron chi connectivity index (χ4n) is 9.34. The van der Waals surface area contributed by atoms with Gasteiger partial charge in [0.1, 0.15) is 4.83 Å². The van der Waals surface area contributed by atoms with Crippen molar-refractivity contribution in [1.82, 2.24) is 4.40 Å². The van der Waals surface area contributed by atoms with Crippen LogP contribution in [0.4, 0.5) is 17.1 Å². The molecular weight excluding hydrogens is 757 g/mol. The van der Waals surface area contributed by atoms with Crippen LogP contribution >= 0.6 is 11.3 Å². The smallest absolute Gasteiger partial charge is 0.109 e. The zero-order chi connectivity index (χ0) is 40.3. The van der Waals surface area contributed by atoms with Crippen molar-refractivity contribution in [1.29, 1.82) is 0 Å². The highest BCUT2D eigenvalue weighted by Gasteiger charge is 2.21. The number of anilines is 3. The molecule has 286 valence electrons. The van der Waals surface area contributed by atoms with E-state index in [4.69, 9.17) is 0 Å². The normalized spacial score (nSPS) is 11.6. The second kappa shape index (κ2) is 14.5. The van der Waals surface area contributed by atoms with Crippen molar-refractivity contribution in [2.75, 3.05) is 4.90 Å². The highest BCUT2D eigenvalue weighted by Crippen LogP contribution is 2.46. The van der Waals surface area contributed by atoms with Gasteiger partial charge in [0.2, 0.25) is 0 Å². The Kier molecular flexibility index (Phi) is 8.39. The second-order valence-corrected chi connectivity index (χ2v) is 16.7. The number of hydrogen-bond acceptors (Lipinski definition) is 2. The number of thiazole rings is 1. The number of rotatable bonds is 7. The number of para-hydroxylation sites is 2. The molecule has 0 aliphatic rings. The summed E-state index contributed by atoms with van der Waals surface area (Å²) in [6.45, 7) is 0. The molecule has 3 heteroatoms. The van der Waals surface area contributed by atoms with E-state index in [1.54, 1.807) is 0 Å². The Labute approximate surface area is 358 Å². The Hall–Kier alpha value is -7.72. The molecule has 0 amide bonds. The Morgan fingerprint density at radius 2 is 0.902 bits per heavy atom. The van der Waals surface area contributed by atoms with Gasteiger partial charge in [0, 0.05) is 33.3 Å². The standard InChI is InChI=1S/C58H38N2S/c1-3-15-39(16-4-1)43-20-13-21-44(37-43)40-29-33-46(34-30-40)59(54-38-45-19-7-8-22-48(45)50-23-9-10-24-51(50)54)47-35-31-41(32-36-47)49-26-14-28-55-57(49)60-53-27-12-11-25-52(53)56(58(60)61-55)42-17-5-2-6-18-42/h1-38H. The van der Waals surface area contributed by atoms with Crippen LogP contribution < -0.4 is 4.90 Å². The predicted molar refractivity (Wildman–Crippen MR) is 262 cm³/mol. The Morgan fingerprint density at radius 3 is 1.62 bits per heavy atom. The van der Waals surface area contributed by atoms with Gasteiger partial charge in [-0.1, -0.05) is 182 Å². The van der Waals surface area contributed by atoms with E-state index >= 15 is 0 Å². The quantitative estimate of drug-likeness (QED) is 0.146. The van der Waals surface area contributed by atoms with Crippen molar-refractivity contribution in [2.45, 2.75) is 0 Å². The summed E-state index contributed by atoms with van der Waals surface area (Å²) in [4.78, 5) is 3.70. The SMILES string of the molecule is c1ccc(-c2cccc(-c3ccc(N(c4ccc(-c5cccc6sc7c(-c8ccccc8)c8ccccc8n7c56)cc4)c4cc5ccccc5c5ccccc45)cc3)c2)cc1. The van der Waals surface area contributed by atoms with Gasteiger partial charge in [0.15, 0.2) is 0 Å². The number of fused-ring (bicyclic) bond motifs is 8. The van der Waals surface area contributed by atoms with Gasteiger partial charge in [-0.15, -0.1) is 11.3 Å². The zero-order valence-electron chi connectivity index (χ0n) is 33.2. The summed E-state index contributed by atoms with van der Waals surface area (Å²) in [6, 6.07) is 84.0. The van der Waals surface area contributed by atoms with Crippen LogP contribution in [0.2, 0.25) is 0 Å². The minimum Gasteiger partial charge on any atom is -0.310 e. The van der Waals surface area contributed by atoms with Crippen LogP contribution in [0.5, 0.6) is 0 Å². The molecule has 0 saturated carbocycles. The van der Waals surface area contributed by atoms with E-state index in [2.05, 4.69) is 240 Å². The zero-order valence-corrected chi connectivity index (χ0v) is 34.1. The molecule has 0 saturated heterocycles. The molecule has 0 radical (unpaired) electrons. The van der Waals surface area contributed by atoms with E-state index in [1.807, 2.05) is 11.3 Å². The highest BCUT2D eigenvalue weighted by molar-refractivity contribution is 7.24. The van der Waals surface area contributed by atoms with Crippen LogP contribution in [0.1, 0.15) is 0 Å². The molecule has 0 fully saturated rings. The third-order valence-electron chi connectivity index (χ3n) is 12.2. The fraction of sp³-hybridized carbons (Fsp3) is 0. The lowest BCUT2D eigenvalue weighted by atomic mass is 9.97. The van der Waals surface area contributed by atoms with Gasteiger partial charge in [0.25, 0.3) is 0 Å². The van der Waals surface area contributed by atoms with E-state index in [-0.39, 0.29) is 0 Å². The van der Waals surface area contributed by atoms with Gasteiger partial charge in [-0.05, 0) is 98.1 Å². The minimum absolute atomic E-state index is 1.10. The van der Waals surface area contributed by atoms with Crippen LogP contribution in [0, 0.1) is 0 Å². The van der Waals surface area contributed by atoms with Crippen molar-refractivity contribution < 1.29 is 0 Å². The lowest BCUT2D eigenvalue weighted by Gasteiger charge is -2.28. The second-order valence-electron chi connectivity index (χ2n) is 15.7. The molecule has 2 heterocycles. The lowest BCUT2D eigenvalue weighted by molar-refractivity contribution is 1.30. The van der Waals surface area contributed by atoms with Crippen molar-refractivity contribution in [3.8, 4) is 44.5 Å². The summed E-state index contributed by atoms with van der Waals surface area (Å²) >= 11 is 1.88. The van der Waals surface area contributed by atoms with Crippen LogP contribution in [-0.4, -0.2) is 4.40 Å². The van der Waals surface area contributed by atoms with E-state index in [0.29, 0.717) is 0 Å². The van der Waals surface area contributed by atoms with Crippen molar-refractivity contribution in [3.05, 3.63) is 231 Å². The lowest BCUT2D eigenvalue weighted by Crippen LogP contribution is -2.10. The highest BCUT2D eigenvalue weighted by atomic mass is 32.1. The maximum atomic E-state index is 2.49. The molecule has 0 unspecified atom stereocenters. The topological polar surface area (TPSA) is 7.65 Å². The fourth-order valence-corrected chi connectivity index (χ4v) is 10.6. The first-order valence-corrected chi connectivity index (χ1v) is 21.7. The number of nitrogens with zero attached hydrogens (tertiary/aromatic N) is 2. The molecule has 12 aromatic rings. The van der Waals surface area contributed by atoms with E-state index < -0.39 is 0 Å². The maximum Gasteiger partial charge on any atom is 0.109 e. The molecule has 0 N–H and O–H groups in total. The van der Waals surface area contributed by atoms with E-state index in [1.165, 1.54) is 92.0 Å².